The Bertz CT molecular complexity index is 447. The molecule has 2 unspecified atom stereocenters. The van der Waals surface area contributed by atoms with E-state index in [0.717, 1.165) is 19.3 Å². The molecule has 1 aromatic rings. The van der Waals surface area contributed by atoms with Crippen LogP contribution in [-0.2, 0) is 0 Å². The minimum atomic E-state index is -0.301. The zero-order chi connectivity index (χ0) is 12.4. The van der Waals surface area contributed by atoms with Crippen LogP contribution >= 0.6 is 11.6 Å². The van der Waals surface area contributed by atoms with Crippen molar-refractivity contribution in [3.63, 3.8) is 0 Å². The number of nitrogens with one attached hydrogen (secondary N) is 1. The first-order valence-corrected chi connectivity index (χ1v) is 6.24. The van der Waals surface area contributed by atoms with E-state index in [4.69, 9.17) is 17.3 Å². The third-order valence-electron chi connectivity index (χ3n) is 3.32. The summed E-state index contributed by atoms with van der Waals surface area (Å²) >= 11 is 6.03. The van der Waals surface area contributed by atoms with E-state index >= 15 is 0 Å². The predicted molar refractivity (Wildman–Crippen MR) is 68.5 cm³/mol. The zero-order valence-corrected chi connectivity index (χ0v) is 10.6. The van der Waals surface area contributed by atoms with Gasteiger partial charge in [-0.25, -0.2) is 4.98 Å². The van der Waals surface area contributed by atoms with Crippen LogP contribution < -0.4 is 16.2 Å². The molecule has 0 aliphatic carbocycles. The molecule has 0 radical (unpaired) electrons. The average molecular weight is 257 g/mol. The molecule has 6 heteroatoms. The minimum Gasteiger partial charge on any atom is -0.348 e. The van der Waals surface area contributed by atoms with Gasteiger partial charge in [0.15, 0.2) is 5.82 Å². The van der Waals surface area contributed by atoms with E-state index in [1.54, 1.807) is 0 Å². The number of piperidine rings is 1. The molecule has 17 heavy (non-hydrogen) atoms. The van der Waals surface area contributed by atoms with Crippen molar-refractivity contribution in [1.82, 2.24) is 9.97 Å². The second-order valence-electron chi connectivity index (χ2n) is 4.45. The van der Waals surface area contributed by atoms with Gasteiger partial charge in [-0.2, -0.15) is 0 Å². The quantitative estimate of drug-likeness (QED) is 0.832. The molecule has 1 aromatic heterocycles. The third-order valence-corrected chi connectivity index (χ3v) is 3.66. The molecule has 0 spiro atoms. The Kier molecular flexibility index (Phi) is 3.69. The molecule has 94 valence electrons. The van der Waals surface area contributed by atoms with Gasteiger partial charge in [0.1, 0.15) is 5.02 Å². The van der Waals surface area contributed by atoms with Crippen LogP contribution in [0.1, 0.15) is 26.2 Å². The Hall–Kier alpha value is -1.07. The van der Waals surface area contributed by atoms with Gasteiger partial charge in [-0.15, -0.1) is 0 Å². The molecule has 3 N–H and O–H groups in total. The van der Waals surface area contributed by atoms with E-state index in [1.165, 1.54) is 6.33 Å². The first kappa shape index (κ1) is 12.4. The Morgan fingerprint density at radius 3 is 3.12 bits per heavy atom. The molecule has 1 saturated heterocycles. The van der Waals surface area contributed by atoms with Gasteiger partial charge in [-0.1, -0.05) is 11.6 Å². The number of rotatable bonds is 2. The maximum Gasteiger partial charge on any atom is 0.271 e. The summed E-state index contributed by atoms with van der Waals surface area (Å²) < 4.78 is 0. The zero-order valence-electron chi connectivity index (χ0n) is 9.82. The fourth-order valence-electron chi connectivity index (χ4n) is 2.45. The number of hydrogen-bond donors (Lipinski definition) is 2. The lowest BCUT2D eigenvalue weighted by atomic mass is 9.96. The molecule has 0 aromatic carbocycles. The summed E-state index contributed by atoms with van der Waals surface area (Å²) in [6.07, 6.45) is 4.63. The average Bonchev–Trinajstić information content (AvgIpc) is 2.33. The summed E-state index contributed by atoms with van der Waals surface area (Å²) in [6, 6.07) is 0.523. The van der Waals surface area contributed by atoms with Gasteiger partial charge in [0.2, 0.25) is 0 Å². The highest BCUT2D eigenvalue weighted by Crippen LogP contribution is 2.30. The Morgan fingerprint density at radius 1 is 1.65 bits per heavy atom. The number of hydrogen-bond acceptors (Lipinski definition) is 4. The fraction of sp³-hybridized carbons (Fsp3) is 0.636. The number of nitrogens with zero attached hydrogens (tertiary/aromatic N) is 2. The standard InChI is InChI=1S/C11H17ClN4O/c1-7-3-2-4-8(5-13)16(7)10-9(12)11(17)15-6-14-10/h6-8H,2-5,13H2,1H3,(H,14,15,17). The van der Waals surface area contributed by atoms with Gasteiger partial charge in [0.25, 0.3) is 5.56 Å². The summed E-state index contributed by atoms with van der Waals surface area (Å²) in [4.78, 5) is 20.2. The van der Waals surface area contributed by atoms with Crippen molar-refractivity contribution in [2.24, 2.45) is 5.73 Å². The van der Waals surface area contributed by atoms with Gasteiger partial charge in [-0.3, -0.25) is 4.79 Å². The summed E-state index contributed by atoms with van der Waals surface area (Å²) in [5.74, 6) is 0.554. The monoisotopic (exact) mass is 256 g/mol. The van der Waals surface area contributed by atoms with Crippen molar-refractivity contribution in [1.29, 1.82) is 0 Å². The van der Waals surface area contributed by atoms with E-state index in [2.05, 4.69) is 21.8 Å². The maximum atomic E-state index is 11.5. The van der Waals surface area contributed by atoms with Crippen molar-refractivity contribution >= 4 is 17.4 Å². The summed E-state index contributed by atoms with van der Waals surface area (Å²) in [6.45, 7) is 2.66. The Balaban J connectivity index is 2.41. The highest BCUT2D eigenvalue weighted by atomic mass is 35.5. The molecule has 0 bridgehead atoms. The molecule has 1 aliphatic heterocycles. The molecule has 5 nitrogen and oxygen atoms in total. The van der Waals surface area contributed by atoms with Crippen LogP contribution in [0.2, 0.25) is 5.02 Å². The van der Waals surface area contributed by atoms with Crippen LogP contribution in [0, 0.1) is 0 Å². The lowest BCUT2D eigenvalue weighted by Gasteiger charge is -2.41. The molecule has 1 fully saturated rings. The van der Waals surface area contributed by atoms with E-state index < -0.39 is 0 Å². The summed E-state index contributed by atoms with van der Waals surface area (Å²) in [5, 5.41) is 0.153. The normalized spacial score (nSPS) is 25.0. The summed E-state index contributed by atoms with van der Waals surface area (Å²) in [5.41, 5.74) is 5.48. The van der Waals surface area contributed by atoms with Gasteiger partial charge in [-0.05, 0) is 26.2 Å². The maximum absolute atomic E-state index is 11.5. The van der Waals surface area contributed by atoms with Crippen LogP contribution in [0.4, 0.5) is 5.82 Å². The number of halogens is 1. The Labute approximate surface area is 105 Å². The SMILES string of the molecule is CC1CCCC(CN)N1c1nc[nH]c(=O)c1Cl. The fourth-order valence-corrected chi connectivity index (χ4v) is 2.65. The lowest BCUT2D eigenvalue weighted by Crippen LogP contribution is -2.50. The van der Waals surface area contributed by atoms with Gasteiger partial charge >= 0.3 is 0 Å². The number of H-pyrrole nitrogens is 1. The number of nitrogens with two attached hydrogens (primary N) is 1. The predicted octanol–water partition coefficient (Wildman–Crippen LogP) is 1.13. The highest BCUT2D eigenvalue weighted by molar-refractivity contribution is 6.32. The van der Waals surface area contributed by atoms with E-state index in [1.807, 2.05) is 0 Å². The van der Waals surface area contributed by atoms with Crippen LogP contribution in [0.3, 0.4) is 0 Å². The number of aromatic amines is 1. The second kappa shape index (κ2) is 5.06. The van der Waals surface area contributed by atoms with E-state index in [-0.39, 0.29) is 16.6 Å². The lowest BCUT2D eigenvalue weighted by molar-refractivity contribution is 0.397. The Morgan fingerprint density at radius 2 is 2.41 bits per heavy atom. The van der Waals surface area contributed by atoms with Crippen LogP contribution in [0.25, 0.3) is 0 Å². The van der Waals surface area contributed by atoms with Gasteiger partial charge in [0, 0.05) is 18.6 Å². The third kappa shape index (κ3) is 2.30. The van der Waals surface area contributed by atoms with Crippen LogP contribution in [0.15, 0.2) is 11.1 Å². The minimum absolute atomic E-state index is 0.153. The van der Waals surface area contributed by atoms with E-state index in [0.29, 0.717) is 18.4 Å². The van der Waals surface area contributed by atoms with Gasteiger partial charge < -0.3 is 15.6 Å². The molecular weight excluding hydrogens is 240 g/mol. The molecule has 2 heterocycles. The van der Waals surface area contributed by atoms with Crippen molar-refractivity contribution in [2.45, 2.75) is 38.3 Å². The topological polar surface area (TPSA) is 75.0 Å². The molecule has 2 atom stereocenters. The highest BCUT2D eigenvalue weighted by Gasteiger charge is 2.29. The molecule has 0 saturated carbocycles. The molecule has 2 rings (SSSR count). The van der Waals surface area contributed by atoms with Crippen molar-refractivity contribution in [3.8, 4) is 0 Å². The smallest absolute Gasteiger partial charge is 0.271 e. The summed E-state index contributed by atoms with van der Waals surface area (Å²) in [7, 11) is 0. The number of aromatic nitrogens is 2. The van der Waals surface area contributed by atoms with Crippen LogP contribution in [0.5, 0.6) is 0 Å². The van der Waals surface area contributed by atoms with Crippen molar-refractivity contribution < 1.29 is 0 Å². The van der Waals surface area contributed by atoms with Gasteiger partial charge in [0.05, 0.1) is 6.33 Å². The van der Waals surface area contributed by atoms with Crippen molar-refractivity contribution in [2.75, 3.05) is 11.4 Å². The van der Waals surface area contributed by atoms with Crippen molar-refractivity contribution in [3.05, 3.63) is 21.7 Å². The number of anilines is 1. The molecule has 0 amide bonds. The molecular formula is C11H17ClN4O. The van der Waals surface area contributed by atoms with E-state index in [9.17, 15) is 4.79 Å². The van der Waals surface area contributed by atoms with Crippen LogP contribution in [-0.4, -0.2) is 28.6 Å². The first-order chi connectivity index (χ1) is 8.15. The first-order valence-electron chi connectivity index (χ1n) is 5.86. The second-order valence-corrected chi connectivity index (χ2v) is 4.82. The molecule has 1 aliphatic rings. The largest absolute Gasteiger partial charge is 0.348 e.